The van der Waals surface area contributed by atoms with Crippen molar-refractivity contribution in [3.63, 3.8) is 0 Å². The normalized spacial score (nSPS) is 20.7. The number of rotatable bonds is 3. The molecule has 1 unspecified atom stereocenters. The molecule has 142 valence electrons. The molecular weight excluding hydrogens is 338 g/mol. The fraction of sp³-hybridized carbons (Fsp3) is 0.611. The first-order chi connectivity index (χ1) is 12.6. The van der Waals surface area contributed by atoms with Crippen LogP contribution in [0.25, 0.3) is 0 Å². The van der Waals surface area contributed by atoms with Crippen LogP contribution >= 0.6 is 0 Å². The summed E-state index contributed by atoms with van der Waals surface area (Å²) < 4.78 is 12.1. The fourth-order valence-electron chi connectivity index (χ4n) is 3.33. The van der Waals surface area contributed by atoms with E-state index in [9.17, 15) is 14.4 Å². The van der Waals surface area contributed by atoms with Gasteiger partial charge in [0.2, 0.25) is 5.56 Å². The van der Waals surface area contributed by atoms with Crippen LogP contribution in [0.4, 0.5) is 4.79 Å². The van der Waals surface area contributed by atoms with Gasteiger partial charge in [-0.15, -0.1) is 0 Å². The molecule has 1 atom stereocenters. The fourth-order valence-corrected chi connectivity index (χ4v) is 3.33. The summed E-state index contributed by atoms with van der Waals surface area (Å²) in [6, 6.07) is 2.80. The van der Waals surface area contributed by atoms with E-state index >= 15 is 0 Å². The van der Waals surface area contributed by atoms with Gasteiger partial charge in [0, 0.05) is 38.9 Å². The molecular formula is C18H25N3O5. The minimum Gasteiger partial charge on any atom is -0.447 e. The van der Waals surface area contributed by atoms with Crippen LogP contribution in [0.3, 0.4) is 0 Å². The van der Waals surface area contributed by atoms with E-state index in [0.29, 0.717) is 38.4 Å². The van der Waals surface area contributed by atoms with E-state index in [-0.39, 0.29) is 30.2 Å². The Morgan fingerprint density at radius 3 is 2.69 bits per heavy atom. The molecule has 1 aromatic heterocycles. The second-order valence-corrected chi connectivity index (χ2v) is 6.69. The van der Waals surface area contributed by atoms with Crippen molar-refractivity contribution in [1.82, 2.24) is 14.4 Å². The Morgan fingerprint density at radius 1 is 1.19 bits per heavy atom. The first-order valence-corrected chi connectivity index (χ1v) is 9.03. The zero-order valence-electron chi connectivity index (χ0n) is 15.1. The van der Waals surface area contributed by atoms with Crippen LogP contribution < -0.4 is 5.56 Å². The van der Waals surface area contributed by atoms with Crippen molar-refractivity contribution in [2.75, 3.05) is 39.5 Å². The van der Waals surface area contributed by atoms with Gasteiger partial charge in [-0.1, -0.05) is 0 Å². The van der Waals surface area contributed by atoms with Gasteiger partial charge in [-0.05, 0) is 25.3 Å². The molecule has 0 bridgehead atoms. The third kappa shape index (κ3) is 4.24. The molecule has 0 spiro atoms. The number of hydrogen-bond donors (Lipinski definition) is 0. The third-order valence-corrected chi connectivity index (χ3v) is 4.89. The Bertz CT molecular complexity index is 711. The second-order valence-electron chi connectivity index (χ2n) is 6.69. The summed E-state index contributed by atoms with van der Waals surface area (Å²) in [4.78, 5) is 40.0. The third-order valence-electron chi connectivity index (χ3n) is 4.89. The van der Waals surface area contributed by atoms with Crippen LogP contribution in [0.5, 0.6) is 0 Å². The maximum atomic E-state index is 12.9. The molecule has 26 heavy (non-hydrogen) atoms. The highest BCUT2D eigenvalue weighted by Gasteiger charge is 2.29. The molecule has 2 amide bonds. The smallest absolute Gasteiger partial charge is 0.409 e. The van der Waals surface area contributed by atoms with Crippen molar-refractivity contribution < 1.29 is 19.1 Å². The lowest BCUT2D eigenvalue weighted by Gasteiger charge is -2.36. The number of likely N-dealkylation sites (tertiary alicyclic amines) is 1. The van der Waals surface area contributed by atoms with Gasteiger partial charge in [-0.25, -0.2) is 4.79 Å². The van der Waals surface area contributed by atoms with Crippen LogP contribution in [0.1, 0.15) is 29.6 Å². The van der Waals surface area contributed by atoms with E-state index in [4.69, 9.17) is 9.47 Å². The summed E-state index contributed by atoms with van der Waals surface area (Å²) in [6.45, 7) is 2.93. The van der Waals surface area contributed by atoms with E-state index in [2.05, 4.69) is 0 Å². The average Bonchev–Trinajstić information content (AvgIpc) is 2.68. The van der Waals surface area contributed by atoms with Crippen LogP contribution in [-0.4, -0.2) is 71.9 Å². The number of ether oxygens (including phenoxy) is 2. The first-order valence-electron chi connectivity index (χ1n) is 9.03. The predicted octanol–water partition coefficient (Wildman–Crippen LogP) is 0.849. The van der Waals surface area contributed by atoms with E-state index in [0.717, 1.165) is 19.3 Å². The number of aryl methyl sites for hydroxylation is 1. The van der Waals surface area contributed by atoms with Crippen molar-refractivity contribution in [3.8, 4) is 0 Å². The van der Waals surface area contributed by atoms with E-state index in [1.807, 2.05) is 0 Å². The number of nitrogens with zero attached hydrogens (tertiary/aromatic N) is 3. The number of morpholine rings is 1. The molecule has 3 heterocycles. The van der Waals surface area contributed by atoms with E-state index in [1.54, 1.807) is 29.1 Å². The maximum absolute atomic E-state index is 12.9. The Balaban J connectivity index is 1.63. The molecule has 3 rings (SSSR count). The molecule has 8 nitrogen and oxygen atoms in total. The lowest BCUT2D eigenvalue weighted by atomic mass is 10.0. The predicted molar refractivity (Wildman–Crippen MR) is 94.1 cm³/mol. The van der Waals surface area contributed by atoms with Crippen molar-refractivity contribution in [1.29, 1.82) is 0 Å². The van der Waals surface area contributed by atoms with Gasteiger partial charge in [0.25, 0.3) is 5.91 Å². The molecule has 2 fully saturated rings. The number of piperidine rings is 1. The SMILES string of the molecule is Cn1cc(C(=O)N2CCCCC2COC(=O)N2CCOCC2)ccc1=O. The minimum atomic E-state index is -0.353. The summed E-state index contributed by atoms with van der Waals surface area (Å²) >= 11 is 0. The van der Waals surface area contributed by atoms with Crippen molar-refractivity contribution in [3.05, 3.63) is 34.2 Å². The minimum absolute atomic E-state index is 0.132. The van der Waals surface area contributed by atoms with Gasteiger partial charge in [0.15, 0.2) is 0 Å². The molecule has 2 aliphatic heterocycles. The van der Waals surface area contributed by atoms with Gasteiger partial charge < -0.3 is 23.8 Å². The Morgan fingerprint density at radius 2 is 1.96 bits per heavy atom. The first kappa shape index (κ1) is 18.4. The van der Waals surface area contributed by atoms with Crippen molar-refractivity contribution in [2.24, 2.45) is 7.05 Å². The molecule has 8 heteroatoms. The standard InChI is InChI=1S/C18H25N3O5/c1-19-12-14(5-6-16(19)22)17(23)21-7-3-2-4-15(21)13-26-18(24)20-8-10-25-11-9-20/h5-6,12,15H,2-4,7-11,13H2,1H3. The molecule has 0 radical (unpaired) electrons. The summed E-state index contributed by atoms with van der Waals surface area (Å²) in [5, 5.41) is 0. The van der Waals surface area contributed by atoms with Crippen molar-refractivity contribution in [2.45, 2.75) is 25.3 Å². The van der Waals surface area contributed by atoms with E-state index < -0.39 is 0 Å². The zero-order valence-corrected chi connectivity index (χ0v) is 15.1. The Labute approximate surface area is 152 Å². The second kappa shape index (κ2) is 8.35. The number of aromatic nitrogens is 1. The Kier molecular flexibility index (Phi) is 5.92. The zero-order chi connectivity index (χ0) is 18.5. The summed E-state index contributed by atoms with van der Waals surface area (Å²) in [7, 11) is 1.62. The van der Waals surface area contributed by atoms with Gasteiger partial charge in [0.05, 0.1) is 24.8 Å². The lowest BCUT2D eigenvalue weighted by molar-refractivity contribution is 0.0130. The number of carbonyl (C=O) groups excluding carboxylic acids is 2. The number of carbonyl (C=O) groups is 2. The largest absolute Gasteiger partial charge is 0.447 e. The van der Waals surface area contributed by atoms with Crippen LogP contribution in [0, 0.1) is 0 Å². The number of hydrogen-bond acceptors (Lipinski definition) is 5. The summed E-state index contributed by atoms with van der Waals surface area (Å²) in [6.07, 6.45) is 3.92. The highest BCUT2D eigenvalue weighted by Crippen LogP contribution is 2.20. The molecule has 1 aromatic rings. The van der Waals surface area contributed by atoms with Gasteiger partial charge >= 0.3 is 6.09 Å². The summed E-state index contributed by atoms with van der Waals surface area (Å²) in [5.74, 6) is -0.132. The van der Waals surface area contributed by atoms with Gasteiger partial charge in [-0.2, -0.15) is 0 Å². The van der Waals surface area contributed by atoms with Crippen LogP contribution in [0.15, 0.2) is 23.1 Å². The van der Waals surface area contributed by atoms with Crippen LogP contribution in [0.2, 0.25) is 0 Å². The molecule has 2 saturated heterocycles. The van der Waals surface area contributed by atoms with Crippen molar-refractivity contribution >= 4 is 12.0 Å². The van der Waals surface area contributed by atoms with Gasteiger partial charge in [-0.3, -0.25) is 9.59 Å². The molecule has 0 saturated carbocycles. The molecule has 0 aliphatic carbocycles. The Hall–Kier alpha value is -2.35. The monoisotopic (exact) mass is 363 g/mol. The number of amides is 2. The van der Waals surface area contributed by atoms with Crippen LogP contribution in [-0.2, 0) is 16.5 Å². The molecule has 0 N–H and O–H groups in total. The lowest BCUT2D eigenvalue weighted by Crippen LogP contribution is -2.48. The molecule has 0 aromatic carbocycles. The average molecular weight is 363 g/mol. The topological polar surface area (TPSA) is 81.1 Å². The van der Waals surface area contributed by atoms with E-state index in [1.165, 1.54) is 10.6 Å². The maximum Gasteiger partial charge on any atom is 0.409 e. The highest BCUT2D eigenvalue weighted by atomic mass is 16.6. The quantitative estimate of drug-likeness (QED) is 0.795. The highest BCUT2D eigenvalue weighted by molar-refractivity contribution is 5.94. The van der Waals surface area contributed by atoms with Gasteiger partial charge in [0.1, 0.15) is 6.61 Å². The molecule has 2 aliphatic rings. The number of pyridine rings is 1. The summed E-state index contributed by atoms with van der Waals surface area (Å²) in [5.41, 5.74) is 0.315.